The summed E-state index contributed by atoms with van der Waals surface area (Å²) >= 11 is 0. The minimum atomic E-state index is -0.0613. The second-order valence-electron chi connectivity index (χ2n) is 11.2. The Morgan fingerprint density at radius 3 is 2.18 bits per heavy atom. The van der Waals surface area contributed by atoms with E-state index in [9.17, 15) is 5.11 Å². The third kappa shape index (κ3) is 4.81. The average molecular weight is 591 g/mol. The van der Waals surface area contributed by atoms with Gasteiger partial charge < -0.3 is 28.8 Å². The standard InChI is InChI=1S/C36H34N2O6/c1-38-16-14-24-20-30(41-3)34(42-4)36-32(24)28(38)18-22-7-11-25(12-8-22)43-35-31-23(19-29(40-2)33(35)39)13-15-37-27(31)17-21-5-9-26(44-36)10-6-21/h5-13,15,19-20,28,39H,14,16-18H2,1-4H3. The summed E-state index contributed by atoms with van der Waals surface area (Å²) in [5, 5.41) is 12.8. The molecule has 1 aromatic heterocycles. The Kier molecular flexibility index (Phi) is 7.14. The molecule has 44 heavy (non-hydrogen) atoms. The number of nitrogens with zero attached hydrogens (tertiary/aromatic N) is 2. The molecule has 0 aliphatic carbocycles. The first-order valence-electron chi connectivity index (χ1n) is 14.7. The van der Waals surface area contributed by atoms with E-state index in [-0.39, 0.29) is 11.8 Å². The Hall–Kier alpha value is -4.95. The summed E-state index contributed by atoms with van der Waals surface area (Å²) in [4.78, 5) is 7.07. The lowest BCUT2D eigenvalue weighted by Crippen LogP contribution is -2.34. The number of aromatic hydroxyl groups is 1. The number of pyridine rings is 1. The molecule has 8 nitrogen and oxygen atoms in total. The molecule has 0 amide bonds. The zero-order valence-electron chi connectivity index (χ0n) is 25.2. The normalized spacial score (nSPS) is 16.0. The minimum Gasteiger partial charge on any atom is -0.502 e. The molecular formula is C36H34N2O6. The number of methoxy groups -OCH3 is 3. The minimum absolute atomic E-state index is 0.0403. The Balaban J connectivity index is 1.43. The maximum atomic E-state index is 11.2. The van der Waals surface area contributed by atoms with Gasteiger partial charge in [0.15, 0.2) is 23.0 Å². The van der Waals surface area contributed by atoms with Crippen LogP contribution >= 0.6 is 0 Å². The predicted molar refractivity (Wildman–Crippen MR) is 168 cm³/mol. The first kappa shape index (κ1) is 27.9. The number of benzene rings is 4. The van der Waals surface area contributed by atoms with Gasteiger partial charge in [0.1, 0.15) is 11.5 Å². The van der Waals surface area contributed by atoms with Crippen LogP contribution in [0.4, 0.5) is 0 Å². The van der Waals surface area contributed by atoms with Gasteiger partial charge in [0.2, 0.25) is 11.5 Å². The zero-order chi connectivity index (χ0) is 30.4. The Labute approximate surface area is 256 Å². The summed E-state index contributed by atoms with van der Waals surface area (Å²) < 4.78 is 30.3. The van der Waals surface area contributed by atoms with Crippen LogP contribution in [0.25, 0.3) is 10.8 Å². The van der Waals surface area contributed by atoms with Crippen molar-refractivity contribution < 1.29 is 28.8 Å². The van der Waals surface area contributed by atoms with Gasteiger partial charge in [0.05, 0.1) is 32.4 Å². The summed E-state index contributed by atoms with van der Waals surface area (Å²) in [6.07, 6.45) is 3.90. The van der Waals surface area contributed by atoms with Crippen molar-refractivity contribution >= 4 is 10.8 Å². The number of likely N-dealkylation sites (N-methyl/N-ethyl adjacent to an activating group) is 1. The molecule has 224 valence electrons. The molecule has 8 heteroatoms. The van der Waals surface area contributed by atoms with E-state index in [1.54, 1.807) is 20.4 Å². The monoisotopic (exact) mass is 590 g/mol. The molecule has 6 heterocycles. The van der Waals surface area contributed by atoms with Crippen molar-refractivity contribution in [3.8, 4) is 46.0 Å². The average Bonchev–Trinajstić information content (AvgIpc) is 3.04. The molecule has 1 atom stereocenters. The van der Waals surface area contributed by atoms with Crippen molar-refractivity contribution in [2.45, 2.75) is 25.3 Å². The summed E-state index contributed by atoms with van der Waals surface area (Å²) in [5.74, 6) is 3.81. The lowest BCUT2D eigenvalue weighted by molar-refractivity contribution is 0.221. The maximum absolute atomic E-state index is 11.2. The van der Waals surface area contributed by atoms with Gasteiger partial charge in [-0.25, -0.2) is 0 Å². The van der Waals surface area contributed by atoms with Crippen LogP contribution in [0.1, 0.15) is 34.0 Å². The highest BCUT2D eigenvalue weighted by Gasteiger charge is 2.33. The van der Waals surface area contributed by atoms with Crippen molar-refractivity contribution in [3.63, 3.8) is 0 Å². The highest BCUT2D eigenvalue weighted by molar-refractivity contribution is 5.95. The fourth-order valence-corrected chi connectivity index (χ4v) is 6.39. The van der Waals surface area contributed by atoms with E-state index in [2.05, 4.69) is 30.1 Å². The third-order valence-corrected chi connectivity index (χ3v) is 8.68. The molecular weight excluding hydrogens is 556 g/mol. The molecule has 5 aliphatic heterocycles. The van der Waals surface area contributed by atoms with Crippen molar-refractivity contribution in [2.24, 2.45) is 0 Å². The first-order valence-corrected chi connectivity index (χ1v) is 14.7. The van der Waals surface area contributed by atoms with E-state index >= 15 is 0 Å². The number of hydrogen-bond donors (Lipinski definition) is 1. The van der Waals surface area contributed by atoms with Crippen LogP contribution < -0.4 is 23.7 Å². The van der Waals surface area contributed by atoms with Gasteiger partial charge >= 0.3 is 0 Å². The topological polar surface area (TPSA) is 82.5 Å². The molecule has 0 saturated heterocycles. The van der Waals surface area contributed by atoms with Gasteiger partial charge in [0, 0.05) is 30.8 Å². The Bertz CT molecular complexity index is 1850. The van der Waals surface area contributed by atoms with Gasteiger partial charge in [-0.3, -0.25) is 9.88 Å². The van der Waals surface area contributed by atoms with Crippen LogP contribution in [0, 0.1) is 0 Å². The smallest absolute Gasteiger partial charge is 0.204 e. The molecule has 10 rings (SSSR count). The zero-order valence-corrected chi connectivity index (χ0v) is 25.2. The van der Waals surface area contributed by atoms with Crippen LogP contribution in [-0.4, -0.2) is 49.9 Å². The van der Waals surface area contributed by atoms with Gasteiger partial charge in [-0.1, -0.05) is 24.3 Å². The number of rotatable bonds is 3. The second kappa shape index (κ2) is 11.3. The van der Waals surface area contributed by atoms with Gasteiger partial charge in [-0.2, -0.15) is 0 Å². The lowest BCUT2D eigenvalue weighted by atomic mass is 9.87. The Morgan fingerprint density at radius 2 is 1.50 bits per heavy atom. The van der Waals surface area contributed by atoms with Crippen molar-refractivity contribution in [2.75, 3.05) is 34.9 Å². The van der Waals surface area contributed by atoms with Crippen molar-refractivity contribution in [1.82, 2.24) is 9.88 Å². The number of phenols is 1. The highest BCUT2D eigenvalue weighted by Crippen LogP contribution is 2.50. The van der Waals surface area contributed by atoms with E-state index in [0.717, 1.165) is 52.5 Å². The summed E-state index contributed by atoms with van der Waals surface area (Å²) in [6.45, 7) is 0.904. The fourth-order valence-electron chi connectivity index (χ4n) is 6.39. The molecule has 0 saturated carbocycles. The summed E-state index contributed by atoms with van der Waals surface area (Å²) in [7, 11) is 6.99. The molecule has 4 bridgehead atoms. The van der Waals surface area contributed by atoms with Gasteiger partial charge in [0.25, 0.3) is 0 Å². The highest BCUT2D eigenvalue weighted by atomic mass is 16.5. The van der Waals surface area contributed by atoms with Crippen LogP contribution in [0.3, 0.4) is 0 Å². The first-order chi connectivity index (χ1) is 21.5. The quantitative estimate of drug-likeness (QED) is 0.236. The molecule has 0 fully saturated rings. The SMILES string of the molecule is COc1cc2ccnc3c2c(c1O)Oc1ccc(cc1)CC1c2c(cc(OC)c(OC)c2Oc2ccc(cc2)C3)CCN1C. The third-order valence-electron chi connectivity index (χ3n) is 8.68. The van der Waals surface area contributed by atoms with Crippen LogP contribution in [0.2, 0.25) is 0 Å². The van der Waals surface area contributed by atoms with Crippen LogP contribution in [-0.2, 0) is 19.3 Å². The molecule has 0 radical (unpaired) electrons. The molecule has 1 unspecified atom stereocenters. The van der Waals surface area contributed by atoms with E-state index in [1.165, 1.54) is 12.7 Å². The number of hydrogen-bond acceptors (Lipinski definition) is 8. The van der Waals surface area contributed by atoms with E-state index in [1.807, 2.05) is 48.5 Å². The summed E-state index contributed by atoms with van der Waals surface area (Å²) in [5.41, 5.74) is 5.23. The lowest BCUT2D eigenvalue weighted by Gasteiger charge is -2.36. The largest absolute Gasteiger partial charge is 0.502 e. The van der Waals surface area contributed by atoms with Crippen molar-refractivity contribution in [3.05, 3.63) is 101 Å². The van der Waals surface area contributed by atoms with Gasteiger partial charge in [-0.05, 0) is 84.4 Å². The number of aromatic nitrogens is 1. The molecule has 5 aliphatic rings. The van der Waals surface area contributed by atoms with Crippen LogP contribution in [0.5, 0.6) is 46.0 Å². The fraction of sp³-hybridized carbons (Fsp3) is 0.250. The van der Waals surface area contributed by atoms with E-state index in [4.69, 9.17) is 28.7 Å². The molecule has 0 spiro atoms. The van der Waals surface area contributed by atoms with E-state index < -0.39 is 0 Å². The molecule has 1 N–H and O–H groups in total. The predicted octanol–water partition coefficient (Wildman–Crippen LogP) is 7.23. The maximum Gasteiger partial charge on any atom is 0.204 e. The molecule has 5 aromatic rings. The van der Waals surface area contributed by atoms with Gasteiger partial charge in [-0.15, -0.1) is 0 Å². The second-order valence-corrected chi connectivity index (χ2v) is 11.2. The summed E-state index contributed by atoms with van der Waals surface area (Å²) in [6, 6.07) is 21.8. The van der Waals surface area contributed by atoms with E-state index in [0.29, 0.717) is 46.7 Å². The number of phenolic OH excluding ortho intramolecular Hbond substituents is 1. The molecule has 4 aromatic carbocycles. The van der Waals surface area contributed by atoms with Crippen molar-refractivity contribution in [1.29, 1.82) is 0 Å². The Morgan fingerprint density at radius 1 is 0.818 bits per heavy atom. The number of ether oxygens (including phenoxy) is 5. The van der Waals surface area contributed by atoms with Crippen LogP contribution in [0.15, 0.2) is 72.9 Å².